The van der Waals surface area contributed by atoms with Crippen molar-refractivity contribution >= 4 is 46.4 Å². The molecule has 0 atom stereocenters. The van der Waals surface area contributed by atoms with Crippen LogP contribution in [0.1, 0.15) is 10.4 Å². The molecule has 0 amide bonds. The topological polar surface area (TPSA) is 69.4 Å². The Morgan fingerprint density at radius 3 is 2.82 bits per heavy atom. The van der Waals surface area contributed by atoms with Gasteiger partial charge in [0.2, 0.25) is 0 Å². The second-order valence-corrected chi connectivity index (χ2v) is 5.80. The van der Waals surface area contributed by atoms with Crippen molar-refractivity contribution < 1.29 is 14.5 Å². The summed E-state index contributed by atoms with van der Waals surface area (Å²) in [6, 6.07) is 8.06. The first-order valence-corrected chi connectivity index (χ1v) is 7.44. The van der Waals surface area contributed by atoms with Crippen molar-refractivity contribution in [1.29, 1.82) is 0 Å². The van der Waals surface area contributed by atoms with Gasteiger partial charge in [-0.25, -0.2) is 4.79 Å². The summed E-state index contributed by atoms with van der Waals surface area (Å²) in [6.45, 7) is 0. The van der Waals surface area contributed by atoms with E-state index in [-0.39, 0.29) is 10.7 Å². The van der Waals surface area contributed by atoms with Crippen LogP contribution in [0.3, 0.4) is 0 Å². The Bertz CT molecular complexity index is 824. The summed E-state index contributed by atoms with van der Waals surface area (Å²) >= 11 is 7.22. The predicted molar refractivity (Wildman–Crippen MR) is 84.5 cm³/mol. The van der Waals surface area contributed by atoms with Gasteiger partial charge in [0.1, 0.15) is 10.8 Å². The predicted octanol–water partition coefficient (Wildman–Crippen LogP) is 4.29. The average molecular weight is 334 g/mol. The Balaban J connectivity index is 1.97. The van der Waals surface area contributed by atoms with E-state index in [4.69, 9.17) is 16.3 Å². The Hall–Kier alpha value is -2.44. The second kappa shape index (κ2) is 5.75. The Labute approximate surface area is 134 Å². The average Bonchev–Trinajstić information content (AvgIpc) is 3.11. The van der Waals surface area contributed by atoms with Crippen molar-refractivity contribution in [1.82, 2.24) is 0 Å². The molecule has 1 aromatic heterocycles. The number of esters is 1. The number of carbonyl (C=O) groups is 1. The maximum atomic E-state index is 11.9. The van der Waals surface area contributed by atoms with E-state index in [1.165, 1.54) is 29.5 Å². The lowest BCUT2D eigenvalue weighted by molar-refractivity contribution is -0.384. The number of nitro groups is 1. The van der Waals surface area contributed by atoms with Gasteiger partial charge >= 0.3 is 5.97 Å². The molecule has 5 nitrogen and oxygen atoms in total. The number of nitrogens with zero attached hydrogens (tertiary/aromatic N) is 1. The molecule has 0 fully saturated rings. The van der Waals surface area contributed by atoms with Gasteiger partial charge in [0, 0.05) is 6.07 Å². The number of thiophene rings is 1. The fourth-order valence-electron chi connectivity index (χ4n) is 1.97. The summed E-state index contributed by atoms with van der Waals surface area (Å²) in [4.78, 5) is 23.0. The number of cyclic esters (lactones) is 1. The van der Waals surface area contributed by atoms with Crippen LogP contribution in [0.15, 0.2) is 47.4 Å². The van der Waals surface area contributed by atoms with Crippen LogP contribution in [0.5, 0.6) is 0 Å². The van der Waals surface area contributed by atoms with E-state index < -0.39 is 10.9 Å². The normalized spacial score (nSPS) is 15.8. The molecule has 2 heterocycles. The number of benzene rings is 1. The number of ether oxygens (including phenoxy) is 1. The highest BCUT2D eigenvalue weighted by Crippen LogP contribution is 2.31. The third-order valence-corrected chi connectivity index (χ3v) is 4.18. The summed E-state index contributed by atoms with van der Waals surface area (Å²) < 4.78 is 5.20. The maximum absolute atomic E-state index is 11.9. The van der Waals surface area contributed by atoms with E-state index >= 15 is 0 Å². The van der Waals surface area contributed by atoms with Crippen molar-refractivity contribution in [2.45, 2.75) is 0 Å². The first-order valence-electron chi connectivity index (χ1n) is 6.18. The van der Waals surface area contributed by atoms with E-state index in [1.54, 1.807) is 12.1 Å². The van der Waals surface area contributed by atoms with Crippen LogP contribution in [0.2, 0.25) is 5.02 Å². The molecule has 0 unspecified atom stereocenters. The van der Waals surface area contributed by atoms with Crippen molar-refractivity contribution in [3.63, 3.8) is 0 Å². The van der Waals surface area contributed by atoms with Gasteiger partial charge in [-0.05, 0) is 35.2 Å². The molecule has 0 saturated heterocycles. The lowest BCUT2D eigenvalue weighted by Crippen LogP contribution is -1.97. The van der Waals surface area contributed by atoms with E-state index in [0.29, 0.717) is 16.9 Å². The van der Waals surface area contributed by atoms with Gasteiger partial charge in [-0.3, -0.25) is 10.1 Å². The maximum Gasteiger partial charge on any atom is 0.343 e. The molecule has 3 rings (SSSR count). The van der Waals surface area contributed by atoms with Crippen LogP contribution in [0.4, 0.5) is 5.69 Å². The van der Waals surface area contributed by atoms with Gasteiger partial charge in [-0.2, -0.15) is 0 Å². The highest BCUT2D eigenvalue weighted by atomic mass is 35.5. The first-order chi connectivity index (χ1) is 10.5. The van der Waals surface area contributed by atoms with Crippen LogP contribution in [-0.2, 0) is 9.53 Å². The van der Waals surface area contributed by atoms with Crippen molar-refractivity contribution in [2.75, 3.05) is 0 Å². The Morgan fingerprint density at radius 2 is 2.14 bits per heavy atom. The van der Waals surface area contributed by atoms with E-state index in [0.717, 1.165) is 4.88 Å². The van der Waals surface area contributed by atoms with E-state index in [2.05, 4.69) is 0 Å². The summed E-state index contributed by atoms with van der Waals surface area (Å²) in [5.74, 6) is -0.00397. The smallest absolute Gasteiger partial charge is 0.343 e. The molecule has 2 aromatic rings. The molecule has 1 aliphatic rings. The molecule has 0 bridgehead atoms. The Kier molecular flexibility index (Phi) is 3.79. The van der Waals surface area contributed by atoms with Crippen LogP contribution in [0.25, 0.3) is 11.8 Å². The largest absolute Gasteiger partial charge is 0.421 e. The standard InChI is InChI=1S/C15H8ClNO4S/c16-11-4-3-9(7-12(11)17(19)20)6-10-8-13(21-15(10)18)14-2-1-5-22-14/h1-8H/b10-6-. The van der Waals surface area contributed by atoms with Gasteiger partial charge in [0.05, 0.1) is 15.4 Å². The first kappa shape index (κ1) is 14.5. The van der Waals surface area contributed by atoms with Crippen LogP contribution in [-0.4, -0.2) is 10.9 Å². The summed E-state index contributed by atoms with van der Waals surface area (Å²) in [7, 11) is 0. The number of rotatable bonds is 3. The van der Waals surface area contributed by atoms with Crippen LogP contribution >= 0.6 is 22.9 Å². The van der Waals surface area contributed by atoms with Crippen LogP contribution in [0, 0.1) is 10.1 Å². The molecule has 0 spiro atoms. The third-order valence-electron chi connectivity index (χ3n) is 2.98. The lowest BCUT2D eigenvalue weighted by atomic mass is 10.1. The SMILES string of the molecule is O=C1OC(c2cccs2)=C/C1=C/c1ccc(Cl)c([N+](=O)[O-])c1. The molecule has 1 aliphatic heterocycles. The molecule has 1 aromatic carbocycles. The number of nitro benzene ring substituents is 1. The number of hydrogen-bond acceptors (Lipinski definition) is 5. The van der Waals surface area contributed by atoms with Gasteiger partial charge in [0.25, 0.3) is 5.69 Å². The monoisotopic (exact) mass is 333 g/mol. The molecule has 0 radical (unpaired) electrons. The zero-order chi connectivity index (χ0) is 15.7. The minimum Gasteiger partial charge on any atom is -0.421 e. The van der Waals surface area contributed by atoms with E-state index in [9.17, 15) is 14.9 Å². The second-order valence-electron chi connectivity index (χ2n) is 4.44. The van der Waals surface area contributed by atoms with Gasteiger partial charge < -0.3 is 4.74 Å². The number of halogens is 1. The molecule has 0 aliphatic carbocycles. The fraction of sp³-hybridized carbons (Fsp3) is 0. The minimum atomic E-state index is -0.565. The lowest BCUT2D eigenvalue weighted by Gasteiger charge is -1.98. The number of carbonyl (C=O) groups excluding carboxylic acids is 1. The Morgan fingerprint density at radius 1 is 1.32 bits per heavy atom. The van der Waals surface area contributed by atoms with Crippen molar-refractivity contribution in [3.05, 3.63) is 72.9 Å². The van der Waals surface area contributed by atoms with E-state index in [1.807, 2.05) is 17.5 Å². The highest BCUT2D eigenvalue weighted by Gasteiger charge is 2.23. The summed E-state index contributed by atoms with van der Waals surface area (Å²) in [5.41, 5.74) is 0.636. The van der Waals surface area contributed by atoms with Crippen molar-refractivity contribution in [2.24, 2.45) is 0 Å². The van der Waals surface area contributed by atoms with Gasteiger partial charge in [-0.1, -0.05) is 23.7 Å². The van der Waals surface area contributed by atoms with Gasteiger partial charge in [-0.15, -0.1) is 11.3 Å². The molecular formula is C15H8ClNO4S. The van der Waals surface area contributed by atoms with Crippen LogP contribution < -0.4 is 0 Å². The van der Waals surface area contributed by atoms with Gasteiger partial charge in [0.15, 0.2) is 0 Å². The minimum absolute atomic E-state index is 0.0518. The molecule has 7 heteroatoms. The highest BCUT2D eigenvalue weighted by molar-refractivity contribution is 7.11. The summed E-state index contributed by atoms with van der Waals surface area (Å²) in [5, 5.41) is 12.8. The molecular weight excluding hydrogens is 326 g/mol. The molecule has 0 N–H and O–H groups in total. The third kappa shape index (κ3) is 2.79. The van der Waals surface area contributed by atoms with Crippen molar-refractivity contribution in [3.8, 4) is 0 Å². The zero-order valence-corrected chi connectivity index (χ0v) is 12.6. The molecule has 110 valence electrons. The summed E-state index contributed by atoms with van der Waals surface area (Å²) in [6.07, 6.45) is 3.15. The molecule has 0 saturated carbocycles. The zero-order valence-electron chi connectivity index (χ0n) is 11.0. The fourth-order valence-corrected chi connectivity index (χ4v) is 2.83. The quantitative estimate of drug-likeness (QED) is 0.363. The molecule has 22 heavy (non-hydrogen) atoms. The number of hydrogen-bond donors (Lipinski definition) is 0.